The van der Waals surface area contributed by atoms with Crippen molar-refractivity contribution in [2.24, 2.45) is 0 Å². The fourth-order valence-corrected chi connectivity index (χ4v) is 5.71. The molecule has 9 heteroatoms. The second-order valence-corrected chi connectivity index (χ2v) is 11.5. The average Bonchev–Trinajstić information content (AvgIpc) is 2.89. The van der Waals surface area contributed by atoms with E-state index in [1.807, 2.05) is 44.2 Å². The molecule has 0 aliphatic carbocycles. The van der Waals surface area contributed by atoms with Crippen LogP contribution in [0.1, 0.15) is 37.0 Å². The average molecular weight is 556 g/mol. The van der Waals surface area contributed by atoms with E-state index in [2.05, 4.69) is 5.32 Å². The van der Waals surface area contributed by atoms with Crippen LogP contribution in [0.25, 0.3) is 0 Å². The number of nitrogens with zero attached hydrogens (tertiary/aromatic N) is 2. The summed E-state index contributed by atoms with van der Waals surface area (Å²) in [5.74, 6) is -0.801. The Kier molecular flexibility index (Phi) is 9.94. The van der Waals surface area contributed by atoms with Crippen LogP contribution in [0.4, 0.5) is 5.69 Å². The van der Waals surface area contributed by atoms with Gasteiger partial charge in [0.2, 0.25) is 11.8 Å². The van der Waals surface area contributed by atoms with Crippen LogP contribution in [-0.4, -0.2) is 44.3 Å². The van der Waals surface area contributed by atoms with Gasteiger partial charge in [-0.3, -0.25) is 13.9 Å². The zero-order valence-electron chi connectivity index (χ0n) is 22.1. The van der Waals surface area contributed by atoms with Crippen LogP contribution >= 0.6 is 11.6 Å². The number of benzene rings is 3. The first-order valence-corrected chi connectivity index (χ1v) is 14.3. The summed E-state index contributed by atoms with van der Waals surface area (Å²) < 4.78 is 28.9. The Morgan fingerprint density at radius 2 is 1.63 bits per heavy atom. The van der Waals surface area contributed by atoms with Gasteiger partial charge in [-0.15, -0.1) is 0 Å². The van der Waals surface area contributed by atoms with Gasteiger partial charge in [0.25, 0.3) is 10.0 Å². The number of amides is 2. The number of carbonyl (C=O) groups excluding carboxylic acids is 2. The quantitative estimate of drug-likeness (QED) is 0.357. The fourth-order valence-electron chi connectivity index (χ4n) is 4.01. The number of rotatable bonds is 11. The van der Waals surface area contributed by atoms with Crippen molar-refractivity contribution in [2.75, 3.05) is 17.4 Å². The van der Waals surface area contributed by atoms with E-state index in [0.29, 0.717) is 22.8 Å². The number of halogens is 1. The Balaban J connectivity index is 2.04. The zero-order chi connectivity index (χ0) is 27.9. The number of aryl methyl sites for hydroxylation is 2. The molecule has 7 nitrogen and oxygen atoms in total. The molecule has 3 aromatic rings. The van der Waals surface area contributed by atoms with Gasteiger partial charge in [0.05, 0.1) is 10.6 Å². The molecule has 0 saturated heterocycles. The molecular formula is C29H34ClN3O4S. The van der Waals surface area contributed by atoms with Crippen LogP contribution in [0.2, 0.25) is 5.02 Å². The van der Waals surface area contributed by atoms with Crippen molar-refractivity contribution in [1.29, 1.82) is 0 Å². The van der Waals surface area contributed by atoms with Crippen LogP contribution < -0.4 is 9.62 Å². The lowest BCUT2D eigenvalue weighted by atomic mass is 10.1. The Morgan fingerprint density at radius 3 is 2.24 bits per heavy atom. The first-order chi connectivity index (χ1) is 18.0. The molecule has 0 aliphatic rings. The maximum atomic E-state index is 13.9. The van der Waals surface area contributed by atoms with Gasteiger partial charge < -0.3 is 10.2 Å². The first kappa shape index (κ1) is 29.2. The lowest BCUT2D eigenvalue weighted by Gasteiger charge is -2.32. The minimum absolute atomic E-state index is 0.0635. The van der Waals surface area contributed by atoms with Crippen molar-refractivity contribution in [1.82, 2.24) is 10.2 Å². The molecule has 0 fully saturated rings. The van der Waals surface area contributed by atoms with Crippen LogP contribution in [0.5, 0.6) is 0 Å². The van der Waals surface area contributed by atoms with Gasteiger partial charge in [-0.1, -0.05) is 66.6 Å². The molecule has 0 unspecified atom stereocenters. The molecule has 0 aliphatic heterocycles. The summed E-state index contributed by atoms with van der Waals surface area (Å²) in [7, 11) is -4.13. The maximum Gasteiger partial charge on any atom is 0.264 e. The number of anilines is 1. The van der Waals surface area contributed by atoms with Gasteiger partial charge in [-0.2, -0.15) is 0 Å². The number of nitrogens with one attached hydrogen (secondary N) is 1. The summed E-state index contributed by atoms with van der Waals surface area (Å²) >= 11 is 6.15. The minimum Gasteiger partial charge on any atom is -0.354 e. The smallest absolute Gasteiger partial charge is 0.264 e. The third kappa shape index (κ3) is 7.14. The van der Waals surface area contributed by atoms with Crippen LogP contribution in [0.15, 0.2) is 77.7 Å². The third-order valence-electron chi connectivity index (χ3n) is 6.23. The molecule has 0 bridgehead atoms. The SMILES string of the molecule is CCCNC(=O)[C@H](C)N(Cc1ccccc1)C(=O)CN(c1ccc(Cl)cc1C)S(=O)(=O)c1ccc(C)cc1. The minimum atomic E-state index is -4.13. The maximum absolute atomic E-state index is 13.9. The summed E-state index contributed by atoms with van der Waals surface area (Å²) in [4.78, 5) is 28.2. The number of carbonyl (C=O) groups is 2. The predicted molar refractivity (Wildman–Crippen MR) is 152 cm³/mol. The topological polar surface area (TPSA) is 86.8 Å². The monoisotopic (exact) mass is 555 g/mol. The van der Waals surface area contributed by atoms with E-state index >= 15 is 0 Å². The van der Waals surface area contributed by atoms with Gasteiger partial charge in [0.1, 0.15) is 12.6 Å². The van der Waals surface area contributed by atoms with E-state index in [0.717, 1.165) is 21.9 Å². The highest BCUT2D eigenvalue weighted by atomic mass is 35.5. The molecule has 1 N–H and O–H groups in total. The van der Waals surface area contributed by atoms with E-state index in [9.17, 15) is 18.0 Å². The van der Waals surface area contributed by atoms with Gasteiger partial charge in [-0.05, 0) is 68.7 Å². The van der Waals surface area contributed by atoms with E-state index in [1.54, 1.807) is 44.2 Å². The summed E-state index contributed by atoms with van der Waals surface area (Å²) in [5.41, 5.74) is 2.68. The molecule has 3 aromatic carbocycles. The predicted octanol–water partition coefficient (Wildman–Crippen LogP) is 5.10. The number of sulfonamides is 1. The van der Waals surface area contributed by atoms with E-state index < -0.39 is 28.5 Å². The molecule has 0 aromatic heterocycles. The van der Waals surface area contributed by atoms with Crippen molar-refractivity contribution in [3.8, 4) is 0 Å². The molecule has 202 valence electrons. The van der Waals surface area contributed by atoms with Crippen molar-refractivity contribution < 1.29 is 18.0 Å². The van der Waals surface area contributed by atoms with Gasteiger partial charge in [-0.25, -0.2) is 8.42 Å². The Labute approximate surface area is 230 Å². The van der Waals surface area contributed by atoms with E-state index in [1.165, 1.54) is 17.0 Å². The molecule has 0 saturated carbocycles. The highest BCUT2D eigenvalue weighted by Gasteiger charge is 2.33. The summed E-state index contributed by atoms with van der Waals surface area (Å²) in [6, 6.07) is 19.8. The third-order valence-corrected chi connectivity index (χ3v) is 8.24. The lowest BCUT2D eigenvalue weighted by Crippen LogP contribution is -2.51. The molecule has 0 spiro atoms. The normalized spacial score (nSPS) is 12.0. The van der Waals surface area contributed by atoms with E-state index in [4.69, 9.17) is 11.6 Å². The van der Waals surface area contributed by atoms with Gasteiger partial charge in [0, 0.05) is 18.1 Å². The lowest BCUT2D eigenvalue weighted by molar-refractivity contribution is -0.139. The molecule has 38 heavy (non-hydrogen) atoms. The van der Waals surface area contributed by atoms with Crippen LogP contribution in [-0.2, 0) is 26.2 Å². The molecule has 2 amide bonds. The summed E-state index contributed by atoms with van der Waals surface area (Å²) in [6.45, 7) is 7.35. The van der Waals surface area contributed by atoms with Crippen molar-refractivity contribution in [3.05, 3.63) is 94.5 Å². The first-order valence-electron chi connectivity index (χ1n) is 12.5. The van der Waals surface area contributed by atoms with E-state index in [-0.39, 0.29) is 17.3 Å². The molecule has 3 rings (SSSR count). The molecular weight excluding hydrogens is 522 g/mol. The summed E-state index contributed by atoms with van der Waals surface area (Å²) in [5, 5.41) is 3.29. The standard InChI is InChI=1S/C29H34ClN3O4S/c1-5-17-31-29(35)23(4)32(19-24-9-7-6-8-10-24)28(34)20-33(27-16-13-25(30)18-22(27)3)38(36,37)26-14-11-21(2)12-15-26/h6-16,18,23H,5,17,19-20H2,1-4H3,(H,31,35)/t23-/m0/s1. The van der Waals surface area contributed by atoms with Gasteiger partial charge in [0.15, 0.2) is 0 Å². The highest BCUT2D eigenvalue weighted by molar-refractivity contribution is 7.92. The fraction of sp³-hybridized carbons (Fsp3) is 0.310. The summed E-state index contributed by atoms with van der Waals surface area (Å²) in [6.07, 6.45) is 0.753. The van der Waals surface area contributed by atoms with Crippen LogP contribution in [0, 0.1) is 13.8 Å². The second-order valence-electron chi connectivity index (χ2n) is 9.23. The Morgan fingerprint density at radius 1 is 0.974 bits per heavy atom. The van der Waals surface area contributed by atoms with Gasteiger partial charge >= 0.3 is 0 Å². The largest absolute Gasteiger partial charge is 0.354 e. The van der Waals surface area contributed by atoms with Crippen molar-refractivity contribution in [3.63, 3.8) is 0 Å². The molecule has 0 heterocycles. The number of hydrogen-bond donors (Lipinski definition) is 1. The molecule has 1 atom stereocenters. The zero-order valence-corrected chi connectivity index (χ0v) is 23.7. The second kappa shape index (κ2) is 12.9. The number of hydrogen-bond acceptors (Lipinski definition) is 4. The Bertz CT molecular complexity index is 1360. The van der Waals surface area contributed by atoms with Crippen molar-refractivity contribution in [2.45, 2.75) is 51.6 Å². The van der Waals surface area contributed by atoms with Crippen molar-refractivity contribution >= 4 is 39.1 Å². The Hall–Kier alpha value is -3.36. The van der Waals surface area contributed by atoms with Crippen LogP contribution in [0.3, 0.4) is 0 Å². The highest BCUT2D eigenvalue weighted by Crippen LogP contribution is 2.29. The molecule has 0 radical (unpaired) electrons.